The van der Waals surface area contributed by atoms with E-state index < -0.39 is 0 Å². The van der Waals surface area contributed by atoms with Crippen LogP contribution in [-0.4, -0.2) is 36.5 Å². The number of hydrogen-bond donors (Lipinski definition) is 0. The van der Waals surface area contributed by atoms with Gasteiger partial charge in [-0.3, -0.25) is 4.79 Å². The van der Waals surface area contributed by atoms with Gasteiger partial charge in [-0.15, -0.1) is 0 Å². The molecule has 3 nitrogen and oxygen atoms in total. The Morgan fingerprint density at radius 3 is 2.08 bits per heavy atom. The molecule has 1 fully saturated rings. The highest BCUT2D eigenvalue weighted by Gasteiger charge is 2.42. The molecule has 3 aromatic carbocycles. The third-order valence-corrected chi connectivity index (χ3v) is 7.84. The van der Waals surface area contributed by atoms with Gasteiger partial charge in [0, 0.05) is 36.4 Å². The molecule has 3 aromatic rings. The van der Waals surface area contributed by atoms with Gasteiger partial charge in [0.1, 0.15) is 0 Å². The first-order chi connectivity index (χ1) is 17.8. The summed E-state index contributed by atoms with van der Waals surface area (Å²) in [4.78, 5) is 16.8. The van der Waals surface area contributed by atoms with Crippen molar-refractivity contribution in [1.29, 1.82) is 0 Å². The molecule has 0 radical (unpaired) electrons. The van der Waals surface area contributed by atoms with Crippen molar-refractivity contribution in [3.63, 3.8) is 0 Å². The SMILES string of the molecule is CCOCC1=C(c2ccccc2)N(C2CCCCC2)C[C@H](C(=O)c2ccccc2)[C@H]1c1ccccc1. The lowest BCUT2D eigenvalue weighted by Crippen LogP contribution is -2.47. The molecule has 0 N–H and O–H groups in total. The molecular formula is C33H37NO2. The molecule has 3 heteroatoms. The van der Waals surface area contributed by atoms with Crippen LogP contribution in [0, 0.1) is 5.92 Å². The summed E-state index contributed by atoms with van der Waals surface area (Å²) in [6, 6.07) is 31.7. The lowest BCUT2D eigenvalue weighted by molar-refractivity contribution is 0.0826. The van der Waals surface area contributed by atoms with E-state index in [9.17, 15) is 4.79 Å². The number of ether oxygens (including phenoxy) is 1. The highest BCUT2D eigenvalue weighted by atomic mass is 16.5. The number of ketones is 1. The van der Waals surface area contributed by atoms with E-state index in [1.807, 2.05) is 30.3 Å². The first kappa shape index (κ1) is 24.5. The standard InChI is InChI=1S/C33H37NO2/c1-2-36-24-30-31(25-15-7-3-8-16-25)29(33(35)27-19-11-5-12-20-27)23-34(28-21-13-6-14-22-28)32(30)26-17-9-4-10-18-26/h3-5,7-12,15-20,28-29,31H,2,6,13-14,21-24H2,1H3/t29-,31+/m0/s1. The van der Waals surface area contributed by atoms with Gasteiger partial charge in [-0.1, -0.05) is 110 Å². The molecule has 0 spiro atoms. The Labute approximate surface area is 215 Å². The van der Waals surface area contributed by atoms with Crippen LogP contribution < -0.4 is 0 Å². The zero-order valence-electron chi connectivity index (χ0n) is 21.3. The summed E-state index contributed by atoms with van der Waals surface area (Å²) in [5.41, 5.74) is 5.73. The average Bonchev–Trinajstić information content (AvgIpc) is 2.96. The summed E-state index contributed by atoms with van der Waals surface area (Å²) in [5.74, 6) is 0.0338. The topological polar surface area (TPSA) is 29.5 Å². The minimum absolute atomic E-state index is 0.0273. The van der Waals surface area contributed by atoms with Crippen molar-refractivity contribution in [2.75, 3.05) is 19.8 Å². The van der Waals surface area contributed by atoms with Crippen LogP contribution in [-0.2, 0) is 4.74 Å². The largest absolute Gasteiger partial charge is 0.377 e. The van der Waals surface area contributed by atoms with Crippen molar-refractivity contribution in [3.8, 4) is 0 Å². The molecular weight excluding hydrogens is 442 g/mol. The number of benzene rings is 3. The van der Waals surface area contributed by atoms with Crippen LogP contribution in [0.5, 0.6) is 0 Å². The van der Waals surface area contributed by atoms with E-state index in [4.69, 9.17) is 4.74 Å². The molecule has 0 amide bonds. The number of carbonyl (C=O) groups is 1. The lowest BCUT2D eigenvalue weighted by atomic mass is 9.72. The average molecular weight is 480 g/mol. The maximum absolute atomic E-state index is 14.2. The molecule has 0 bridgehead atoms. The predicted molar refractivity (Wildman–Crippen MR) is 147 cm³/mol. The summed E-state index contributed by atoms with van der Waals surface area (Å²) in [6.07, 6.45) is 6.17. The smallest absolute Gasteiger partial charge is 0.168 e. The van der Waals surface area contributed by atoms with E-state index in [-0.39, 0.29) is 17.6 Å². The van der Waals surface area contributed by atoms with E-state index in [2.05, 4.69) is 72.5 Å². The molecule has 1 saturated carbocycles. The molecule has 186 valence electrons. The van der Waals surface area contributed by atoms with Crippen LogP contribution in [0.3, 0.4) is 0 Å². The summed E-state index contributed by atoms with van der Waals surface area (Å²) in [6.45, 7) is 3.96. The molecule has 36 heavy (non-hydrogen) atoms. The van der Waals surface area contributed by atoms with Crippen molar-refractivity contribution in [2.24, 2.45) is 5.92 Å². The summed E-state index contributed by atoms with van der Waals surface area (Å²) < 4.78 is 6.15. The molecule has 1 heterocycles. The Bertz CT molecular complexity index is 1150. The van der Waals surface area contributed by atoms with Crippen LogP contribution in [0.25, 0.3) is 5.70 Å². The van der Waals surface area contributed by atoms with E-state index in [0.29, 0.717) is 19.3 Å². The number of carbonyl (C=O) groups excluding carboxylic acids is 1. The van der Waals surface area contributed by atoms with Crippen molar-refractivity contribution < 1.29 is 9.53 Å². The molecule has 2 aliphatic rings. The molecule has 0 unspecified atom stereocenters. The first-order valence-electron chi connectivity index (χ1n) is 13.5. The second kappa shape index (κ2) is 11.7. The third kappa shape index (κ3) is 5.17. The monoisotopic (exact) mass is 479 g/mol. The maximum Gasteiger partial charge on any atom is 0.168 e. The molecule has 5 rings (SSSR count). The van der Waals surface area contributed by atoms with E-state index in [0.717, 1.165) is 12.1 Å². The fraction of sp³-hybridized carbons (Fsp3) is 0.364. The fourth-order valence-corrected chi connectivity index (χ4v) is 6.17. The molecule has 1 aliphatic carbocycles. The fourth-order valence-electron chi connectivity index (χ4n) is 6.17. The van der Waals surface area contributed by atoms with Gasteiger partial charge < -0.3 is 9.64 Å². The molecule has 2 atom stereocenters. The zero-order valence-corrected chi connectivity index (χ0v) is 21.3. The number of rotatable bonds is 8. The number of hydrogen-bond acceptors (Lipinski definition) is 3. The van der Waals surface area contributed by atoms with Gasteiger partial charge in [0.2, 0.25) is 0 Å². The Kier molecular flexibility index (Phi) is 7.98. The van der Waals surface area contributed by atoms with Gasteiger partial charge in [-0.2, -0.15) is 0 Å². The van der Waals surface area contributed by atoms with Crippen molar-refractivity contribution in [2.45, 2.75) is 51.0 Å². The van der Waals surface area contributed by atoms with Crippen LogP contribution in [0.15, 0.2) is 96.6 Å². The van der Waals surface area contributed by atoms with E-state index >= 15 is 0 Å². The third-order valence-electron chi connectivity index (χ3n) is 7.84. The van der Waals surface area contributed by atoms with Gasteiger partial charge in [0.05, 0.1) is 12.5 Å². The van der Waals surface area contributed by atoms with Gasteiger partial charge in [0.15, 0.2) is 5.78 Å². The highest BCUT2D eigenvalue weighted by molar-refractivity contribution is 5.99. The van der Waals surface area contributed by atoms with Crippen molar-refractivity contribution in [1.82, 2.24) is 4.90 Å². The van der Waals surface area contributed by atoms with Crippen LogP contribution >= 0.6 is 0 Å². The van der Waals surface area contributed by atoms with Crippen LogP contribution in [0.4, 0.5) is 0 Å². The maximum atomic E-state index is 14.2. The highest BCUT2D eigenvalue weighted by Crippen LogP contribution is 2.46. The summed E-state index contributed by atoms with van der Waals surface area (Å²) in [5, 5.41) is 0. The molecule has 0 aromatic heterocycles. The quantitative estimate of drug-likeness (QED) is 0.316. The first-order valence-corrected chi connectivity index (χ1v) is 13.5. The van der Waals surface area contributed by atoms with Crippen LogP contribution in [0.2, 0.25) is 0 Å². The Hall–Kier alpha value is -3.17. The lowest BCUT2D eigenvalue weighted by Gasteiger charge is -2.47. The second-order valence-corrected chi connectivity index (χ2v) is 10.0. The Morgan fingerprint density at radius 2 is 1.44 bits per heavy atom. The summed E-state index contributed by atoms with van der Waals surface area (Å²) in [7, 11) is 0. The van der Waals surface area contributed by atoms with E-state index in [1.54, 1.807) is 0 Å². The second-order valence-electron chi connectivity index (χ2n) is 10.0. The van der Waals surface area contributed by atoms with Gasteiger partial charge >= 0.3 is 0 Å². The number of Topliss-reactive ketones (excluding diaryl/α,β-unsaturated/α-hetero) is 1. The Balaban J connectivity index is 1.71. The van der Waals surface area contributed by atoms with Crippen molar-refractivity contribution >= 4 is 11.5 Å². The predicted octanol–water partition coefficient (Wildman–Crippen LogP) is 7.37. The molecule has 0 saturated heterocycles. The van der Waals surface area contributed by atoms with Gasteiger partial charge in [0.25, 0.3) is 0 Å². The zero-order chi connectivity index (χ0) is 24.7. The minimum atomic E-state index is -0.167. The molecule has 1 aliphatic heterocycles. The number of nitrogens with zero attached hydrogens (tertiary/aromatic N) is 1. The summed E-state index contributed by atoms with van der Waals surface area (Å²) >= 11 is 0. The minimum Gasteiger partial charge on any atom is -0.377 e. The van der Waals surface area contributed by atoms with E-state index in [1.165, 1.54) is 54.5 Å². The van der Waals surface area contributed by atoms with Gasteiger partial charge in [-0.25, -0.2) is 0 Å². The van der Waals surface area contributed by atoms with Gasteiger partial charge in [-0.05, 0) is 36.5 Å². The Morgan fingerprint density at radius 1 is 0.833 bits per heavy atom. The normalized spacial score (nSPS) is 21.0. The van der Waals surface area contributed by atoms with Crippen molar-refractivity contribution in [3.05, 3.63) is 113 Å². The van der Waals surface area contributed by atoms with Crippen LogP contribution in [0.1, 0.15) is 66.4 Å².